The molecule has 1 saturated heterocycles. The highest BCUT2D eigenvalue weighted by Crippen LogP contribution is 2.37. The molecule has 2 atom stereocenters. The van der Waals surface area contributed by atoms with Crippen LogP contribution in [0.25, 0.3) is 5.70 Å². The molecule has 2 heterocycles. The van der Waals surface area contributed by atoms with Crippen molar-refractivity contribution in [1.82, 2.24) is 20.1 Å². The summed E-state index contributed by atoms with van der Waals surface area (Å²) in [5, 5.41) is 6.84. The Hall–Kier alpha value is -1.70. The molecule has 0 spiro atoms. The third kappa shape index (κ3) is 2.99. The van der Waals surface area contributed by atoms with Gasteiger partial charge in [0.1, 0.15) is 6.33 Å². The molecular formula is C13H18F3N5. The molecule has 0 saturated carbocycles. The minimum Gasteiger partial charge on any atom is -0.313 e. The van der Waals surface area contributed by atoms with Crippen molar-refractivity contribution >= 4 is 17.4 Å². The highest BCUT2D eigenvalue weighted by molar-refractivity contribution is 5.86. The summed E-state index contributed by atoms with van der Waals surface area (Å²) in [5.41, 5.74) is -2.06. The predicted octanol–water partition coefficient (Wildman–Crippen LogP) is 2.44. The summed E-state index contributed by atoms with van der Waals surface area (Å²) in [6.07, 6.45) is -0.899. The number of nitrogens with zero attached hydrogens (tertiary/aromatic N) is 4. The minimum atomic E-state index is -2.70. The van der Waals surface area contributed by atoms with Gasteiger partial charge in [-0.05, 0) is 25.8 Å². The van der Waals surface area contributed by atoms with Crippen molar-refractivity contribution in [1.29, 1.82) is 0 Å². The van der Waals surface area contributed by atoms with E-state index < -0.39 is 17.8 Å². The van der Waals surface area contributed by atoms with Crippen LogP contribution in [-0.4, -0.2) is 45.7 Å². The fourth-order valence-corrected chi connectivity index (χ4v) is 2.26. The lowest BCUT2D eigenvalue weighted by atomic mass is 9.83. The molecule has 0 aliphatic carbocycles. The zero-order valence-electron chi connectivity index (χ0n) is 12.0. The van der Waals surface area contributed by atoms with Gasteiger partial charge in [-0.3, -0.25) is 0 Å². The second-order valence-corrected chi connectivity index (χ2v) is 5.20. The number of nitrogens with one attached hydrogen (secondary N) is 1. The van der Waals surface area contributed by atoms with Crippen molar-refractivity contribution in [2.24, 2.45) is 10.9 Å². The highest BCUT2D eigenvalue weighted by atomic mass is 19.3. The molecule has 5 nitrogen and oxygen atoms in total. The van der Waals surface area contributed by atoms with Gasteiger partial charge in [-0.15, -0.1) is 0 Å². The second kappa shape index (κ2) is 5.97. The monoisotopic (exact) mass is 301 g/mol. The molecule has 1 N–H and O–H groups in total. The fraction of sp³-hybridized carbons (Fsp3) is 0.615. The lowest BCUT2D eigenvalue weighted by Crippen LogP contribution is -2.49. The van der Waals surface area contributed by atoms with Gasteiger partial charge in [0.15, 0.2) is 5.67 Å². The minimum absolute atomic E-state index is 0.0560. The van der Waals surface area contributed by atoms with E-state index in [1.165, 1.54) is 6.92 Å². The zero-order chi connectivity index (χ0) is 15.6. The fourth-order valence-electron chi connectivity index (χ4n) is 2.26. The van der Waals surface area contributed by atoms with E-state index >= 15 is 4.39 Å². The molecule has 1 aromatic rings. The third-order valence-electron chi connectivity index (χ3n) is 3.77. The van der Waals surface area contributed by atoms with E-state index in [0.29, 0.717) is 6.42 Å². The van der Waals surface area contributed by atoms with E-state index in [9.17, 15) is 8.78 Å². The van der Waals surface area contributed by atoms with Crippen molar-refractivity contribution in [3.05, 3.63) is 12.9 Å². The van der Waals surface area contributed by atoms with E-state index in [0.717, 1.165) is 17.6 Å². The maximum atomic E-state index is 15.2. The Morgan fingerprint density at radius 1 is 1.62 bits per heavy atom. The molecule has 8 heteroatoms. The molecule has 0 unspecified atom stereocenters. The Bertz CT molecular complexity index is 554. The first kappa shape index (κ1) is 15.7. The third-order valence-corrected chi connectivity index (χ3v) is 3.77. The number of aliphatic imine (C=N–C) groups is 1. The smallest absolute Gasteiger partial charge is 0.276 e. The summed E-state index contributed by atoms with van der Waals surface area (Å²) in [5.74, 6) is -0.351. The van der Waals surface area contributed by atoms with Crippen LogP contribution in [0.4, 0.5) is 19.1 Å². The Morgan fingerprint density at radius 2 is 2.33 bits per heavy atom. The summed E-state index contributed by atoms with van der Waals surface area (Å²) in [4.78, 5) is 7.49. The lowest BCUT2D eigenvalue weighted by Gasteiger charge is -2.37. The van der Waals surface area contributed by atoms with Gasteiger partial charge < -0.3 is 5.32 Å². The van der Waals surface area contributed by atoms with Gasteiger partial charge >= 0.3 is 0 Å². The molecule has 1 aromatic heterocycles. The van der Waals surface area contributed by atoms with Gasteiger partial charge in [0.05, 0.1) is 11.4 Å². The summed E-state index contributed by atoms with van der Waals surface area (Å²) < 4.78 is 41.3. The van der Waals surface area contributed by atoms with Gasteiger partial charge in [-0.25, -0.2) is 18.2 Å². The molecule has 0 aromatic carbocycles. The van der Waals surface area contributed by atoms with E-state index in [1.807, 2.05) is 0 Å². The van der Waals surface area contributed by atoms with Gasteiger partial charge in [-0.2, -0.15) is 14.8 Å². The van der Waals surface area contributed by atoms with Crippen molar-refractivity contribution in [3.8, 4) is 0 Å². The molecule has 116 valence electrons. The molecule has 0 radical (unpaired) electrons. The van der Waals surface area contributed by atoms with E-state index in [2.05, 4.69) is 27.0 Å². The number of piperidine rings is 1. The Balaban J connectivity index is 2.33. The number of rotatable bonds is 4. The molecule has 1 fully saturated rings. The van der Waals surface area contributed by atoms with Gasteiger partial charge in [-0.1, -0.05) is 13.5 Å². The standard InChI is InChI=1S/C13H18F3N5/c1-8-4-5-17-6-13(8,16)10(3)21-12(18-7-19-21)20-9(2)11(14)15/h7-8,11,17H,3-6H2,1-2H3/t8-,13+/m1/s1. The summed E-state index contributed by atoms with van der Waals surface area (Å²) >= 11 is 0. The van der Waals surface area contributed by atoms with Crippen LogP contribution >= 0.6 is 0 Å². The molecule has 1 aliphatic rings. The van der Waals surface area contributed by atoms with Crippen LogP contribution in [-0.2, 0) is 0 Å². The van der Waals surface area contributed by atoms with Crippen LogP contribution in [0.1, 0.15) is 20.3 Å². The topological polar surface area (TPSA) is 55.1 Å². The first-order valence-electron chi connectivity index (χ1n) is 6.69. The van der Waals surface area contributed by atoms with Gasteiger partial charge in [0.25, 0.3) is 12.4 Å². The molecule has 0 bridgehead atoms. The van der Waals surface area contributed by atoms with Gasteiger partial charge in [0.2, 0.25) is 0 Å². The van der Waals surface area contributed by atoms with Crippen LogP contribution in [0, 0.1) is 5.92 Å². The predicted molar refractivity (Wildman–Crippen MR) is 74.6 cm³/mol. The average molecular weight is 301 g/mol. The average Bonchev–Trinajstić information content (AvgIpc) is 2.89. The second-order valence-electron chi connectivity index (χ2n) is 5.20. The van der Waals surface area contributed by atoms with Gasteiger partial charge in [0, 0.05) is 6.54 Å². The molecule has 2 rings (SSSR count). The first-order valence-corrected chi connectivity index (χ1v) is 6.69. The quantitative estimate of drug-likeness (QED) is 0.869. The Labute approximate surface area is 121 Å². The first-order chi connectivity index (χ1) is 9.86. The number of aromatic nitrogens is 3. The number of halogens is 3. The number of hydrogen-bond acceptors (Lipinski definition) is 4. The molecule has 0 amide bonds. The summed E-state index contributed by atoms with van der Waals surface area (Å²) in [6, 6.07) is 0. The molecule has 1 aliphatic heterocycles. The number of alkyl halides is 3. The largest absolute Gasteiger partial charge is 0.313 e. The zero-order valence-corrected chi connectivity index (χ0v) is 12.0. The van der Waals surface area contributed by atoms with Crippen molar-refractivity contribution in [2.45, 2.75) is 32.4 Å². The van der Waals surface area contributed by atoms with Crippen molar-refractivity contribution in [3.63, 3.8) is 0 Å². The molecular weight excluding hydrogens is 283 g/mol. The van der Waals surface area contributed by atoms with E-state index in [4.69, 9.17) is 0 Å². The van der Waals surface area contributed by atoms with Crippen molar-refractivity contribution < 1.29 is 13.2 Å². The number of hydrogen-bond donors (Lipinski definition) is 1. The van der Waals surface area contributed by atoms with Crippen LogP contribution < -0.4 is 5.32 Å². The van der Waals surface area contributed by atoms with Crippen LogP contribution in [0.3, 0.4) is 0 Å². The molecule has 21 heavy (non-hydrogen) atoms. The summed E-state index contributed by atoms with van der Waals surface area (Å²) in [7, 11) is 0. The maximum Gasteiger partial charge on any atom is 0.276 e. The van der Waals surface area contributed by atoms with E-state index in [-0.39, 0.29) is 24.1 Å². The van der Waals surface area contributed by atoms with Crippen LogP contribution in [0.15, 0.2) is 17.9 Å². The van der Waals surface area contributed by atoms with E-state index in [1.54, 1.807) is 6.92 Å². The Morgan fingerprint density at radius 3 is 2.95 bits per heavy atom. The lowest BCUT2D eigenvalue weighted by molar-refractivity contribution is 0.117. The van der Waals surface area contributed by atoms with Crippen LogP contribution in [0.2, 0.25) is 0 Å². The maximum absolute atomic E-state index is 15.2. The van der Waals surface area contributed by atoms with Crippen LogP contribution in [0.5, 0.6) is 0 Å². The Kier molecular flexibility index (Phi) is 4.46. The van der Waals surface area contributed by atoms with Crippen molar-refractivity contribution in [2.75, 3.05) is 13.1 Å². The normalized spacial score (nSPS) is 27.1. The summed E-state index contributed by atoms with van der Waals surface area (Å²) in [6.45, 7) is 7.55. The SMILES string of the molecule is C=C(n1ncnc1N=C(C)C(F)F)[C@]1(F)CNCC[C@H]1C. The highest BCUT2D eigenvalue weighted by Gasteiger charge is 2.43.